The molecule has 4 heteroatoms. The van der Waals surface area contributed by atoms with Gasteiger partial charge in [0.25, 0.3) is 0 Å². The summed E-state index contributed by atoms with van der Waals surface area (Å²) >= 11 is 0. The largest absolute Gasteiger partial charge is 0.309 e. The van der Waals surface area contributed by atoms with Crippen LogP contribution in [-0.2, 0) is 0 Å². The van der Waals surface area contributed by atoms with Crippen molar-refractivity contribution in [1.29, 1.82) is 0 Å². The summed E-state index contributed by atoms with van der Waals surface area (Å²) in [7, 11) is 0. The van der Waals surface area contributed by atoms with Gasteiger partial charge in [0.2, 0.25) is 0 Å². The van der Waals surface area contributed by atoms with Gasteiger partial charge in [-0.3, -0.25) is 0 Å². The average Bonchev–Trinajstić information content (AvgIpc) is 3.46. The maximum absolute atomic E-state index is 4.85. The van der Waals surface area contributed by atoms with E-state index < -0.39 is 0 Å². The van der Waals surface area contributed by atoms with E-state index in [1.54, 1.807) is 0 Å². The first-order valence-electron chi connectivity index (χ1n) is 15.0. The van der Waals surface area contributed by atoms with Gasteiger partial charge in [-0.1, -0.05) is 146 Å². The predicted octanol–water partition coefficient (Wildman–Crippen LogP) is 10.1. The molecule has 0 aliphatic carbocycles. The summed E-state index contributed by atoms with van der Waals surface area (Å²) in [6.07, 6.45) is 4.28. The van der Waals surface area contributed by atoms with Crippen LogP contribution in [0, 0.1) is 0 Å². The third-order valence-electron chi connectivity index (χ3n) is 8.07. The van der Waals surface area contributed by atoms with Gasteiger partial charge in [-0.25, -0.2) is 15.0 Å². The number of hydrogen-bond donors (Lipinski definition) is 0. The Morgan fingerprint density at radius 2 is 0.733 bits per heavy atom. The van der Waals surface area contributed by atoms with Crippen LogP contribution in [0.2, 0.25) is 0 Å². The lowest BCUT2D eigenvalue weighted by molar-refractivity contribution is 1.07. The third kappa shape index (κ3) is 5.19. The molecular formula is C41H28N4. The van der Waals surface area contributed by atoms with Crippen molar-refractivity contribution in [2.45, 2.75) is 0 Å². The smallest absolute Gasteiger partial charge is 0.164 e. The third-order valence-corrected chi connectivity index (χ3v) is 8.07. The van der Waals surface area contributed by atoms with Gasteiger partial charge in [0, 0.05) is 33.2 Å². The molecule has 2 aromatic heterocycles. The number of aromatic nitrogens is 4. The second-order valence-electron chi connectivity index (χ2n) is 11.0. The fourth-order valence-electron chi connectivity index (χ4n) is 5.81. The molecule has 0 amide bonds. The lowest BCUT2D eigenvalue weighted by Gasteiger charge is -2.08. The standard InChI is InChI=1S/C41H28N4/c1-3-11-31(12-4-1)39-42-40(32-13-5-2-6-14-32)44-41(43-39)33-25-21-29(22-26-33)19-20-30-23-27-34(28-24-30)45-37-17-9-7-15-35(37)36-16-8-10-18-38(36)45/h1-28H. The Morgan fingerprint density at radius 3 is 1.20 bits per heavy atom. The van der Waals surface area contributed by atoms with Gasteiger partial charge in [0.15, 0.2) is 17.5 Å². The summed E-state index contributed by atoms with van der Waals surface area (Å²) in [6, 6.07) is 54.4. The Bertz CT molecular complexity index is 2170. The SMILES string of the molecule is C(=Cc1ccc(-n2c3ccccc3c3ccccc32)cc1)c1ccc(-c2nc(-c3ccccc3)nc(-c3ccccc3)n2)cc1. The molecule has 0 saturated heterocycles. The van der Waals surface area contributed by atoms with Gasteiger partial charge in [-0.2, -0.15) is 0 Å². The van der Waals surface area contributed by atoms with Crippen LogP contribution in [0.3, 0.4) is 0 Å². The quantitative estimate of drug-likeness (QED) is 0.185. The van der Waals surface area contributed by atoms with E-state index in [-0.39, 0.29) is 0 Å². The normalized spacial score (nSPS) is 11.5. The number of rotatable bonds is 6. The Kier molecular flexibility index (Phi) is 6.78. The lowest BCUT2D eigenvalue weighted by Crippen LogP contribution is -2.00. The molecule has 6 aromatic carbocycles. The Hall–Kier alpha value is -6.13. The molecule has 45 heavy (non-hydrogen) atoms. The molecule has 0 aliphatic rings. The van der Waals surface area contributed by atoms with Crippen molar-refractivity contribution in [3.8, 4) is 39.9 Å². The molecule has 0 radical (unpaired) electrons. The lowest BCUT2D eigenvalue weighted by atomic mass is 10.1. The second-order valence-corrected chi connectivity index (χ2v) is 11.0. The zero-order valence-corrected chi connectivity index (χ0v) is 24.5. The van der Waals surface area contributed by atoms with Crippen molar-refractivity contribution in [3.05, 3.63) is 169 Å². The van der Waals surface area contributed by atoms with Crippen molar-refractivity contribution in [2.75, 3.05) is 0 Å². The highest BCUT2D eigenvalue weighted by molar-refractivity contribution is 6.09. The fraction of sp³-hybridized carbons (Fsp3) is 0. The fourth-order valence-corrected chi connectivity index (χ4v) is 5.81. The summed E-state index contributed by atoms with van der Waals surface area (Å²) in [4.78, 5) is 14.5. The van der Waals surface area contributed by atoms with Gasteiger partial charge < -0.3 is 4.57 Å². The molecule has 8 aromatic rings. The Morgan fingerprint density at radius 1 is 0.356 bits per heavy atom. The topological polar surface area (TPSA) is 43.6 Å². The van der Waals surface area contributed by atoms with Crippen LogP contribution < -0.4 is 0 Å². The van der Waals surface area contributed by atoms with E-state index in [1.807, 2.05) is 60.7 Å². The summed E-state index contributed by atoms with van der Waals surface area (Å²) in [5.41, 5.74) is 8.69. The molecule has 0 atom stereocenters. The second kappa shape index (κ2) is 11.5. The van der Waals surface area contributed by atoms with Gasteiger partial charge in [0.1, 0.15) is 0 Å². The number of fused-ring (bicyclic) bond motifs is 3. The molecule has 212 valence electrons. The zero-order chi connectivity index (χ0) is 30.0. The minimum atomic E-state index is 0.652. The van der Waals surface area contributed by atoms with Crippen LogP contribution in [0.1, 0.15) is 11.1 Å². The highest BCUT2D eigenvalue weighted by Crippen LogP contribution is 2.32. The molecule has 0 bridgehead atoms. The average molecular weight is 577 g/mol. The number of hydrogen-bond acceptors (Lipinski definition) is 3. The van der Waals surface area contributed by atoms with Crippen LogP contribution in [0.15, 0.2) is 158 Å². The van der Waals surface area contributed by atoms with Crippen LogP contribution >= 0.6 is 0 Å². The summed E-state index contributed by atoms with van der Waals surface area (Å²) < 4.78 is 2.34. The molecule has 0 fully saturated rings. The molecule has 0 unspecified atom stereocenters. The van der Waals surface area contributed by atoms with Crippen LogP contribution in [0.25, 0.3) is 73.8 Å². The van der Waals surface area contributed by atoms with Gasteiger partial charge >= 0.3 is 0 Å². The molecule has 0 N–H and O–H groups in total. The minimum Gasteiger partial charge on any atom is -0.309 e. The Labute approximate surface area is 261 Å². The summed E-state index contributed by atoms with van der Waals surface area (Å²) in [5.74, 6) is 1.97. The number of benzene rings is 6. The van der Waals surface area contributed by atoms with E-state index >= 15 is 0 Å². The van der Waals surface area contributed by atoms with Crippen molar-refractivity contribution < 1.29 is 0 Å². The van der Waals surface area contributed by atoms with Crippen molar-refractivity contribution >= 4 is 34.0 Å². The Balaban J connectivity index is 1.07. The van der Waals surface area contributed by atoms with E-state index in [0.717, 1.165) is 33.5 Å². The van der Waals surface area contributed by atoms with E-state index in [4.69, 9.17) is 15.0 Å². The molecule has 0 aliphatic heterocycles. The maximum atomic E-state index is 4.85. The predicted molar refractivity (Wildman–Crippen MR) is 186 cm³/mol. The van der Waals surface area contributed by atoms with Gasteiger partial charge in [0.05, 0.1) is 11.0 Å². The van der Waals surface area contributed by atoms with Crippen LogP contribution in [0.5, 0.6) is 0 Å². The molecule has 8 rings (SSSR count). The molecule has 2 heterocycles. The van der Waals surface area contributed by atoms with E-state index in [0.29, 0.717) is 17.5 Å². The number of para-hydroxylation sites is 2. The van der Waals surface area contributed by atoms with Crippen molar-refractivity contribution in [2.24, 2.45) is 0 Å². The van der Waals surface area contributed by atoms with E-state index in [2.05, 4.69) is 114 Å². The summed E-state index contributed by atoms with van der Waals surface area (Å²) in [5, 5.41) is 2.54. The minimum absolute atomic E-state index is 0.652. The van der Waals surface area contributed by atoms with Crippen molar-refractivity contribution in [1.82, 2.24) is 19.5 Å². The highest BCUT2D eigenvalue weighted by atomic mass is 15.0. The maximum Gasteiger partial charge on any atom is 0.164 e. The zero-order valence-electron chi connectivity index (χ0n) is 24.5. The molecule has 4 nitrogen and oxygen atoms in total. The first kappa shape index (κ1) is 26.5. The van der Waals surface area contributed by atoms with Gasteiger partial charge in [-0.05, 0) is 35.4 Å². The van der Waals surface area contributed by atoms with E-state index in [1.165, 1.54) is 21.8 Å². The number of nitrogens with zero attached hydrogens (tertiary/aromatic N) is 4. The first-order chi connectivity index (χ1) is 22.3. The van der Waals surface area contributed by atoms with Crippen LogP contribution in [-0.4, -0.2) is 19.5 Å². The first-order valence-corrected chi connectivity index (χ1v) is 15.0. The van der Waals surface area contributed by atoms with E-state index in [9.17, 15) is 0 Å². The van der Waals surface area contributed by atoms with Crippen molar-refractivity contribution in [3.63, 3.8) is 0 Å². The molecular weight excluding hydrogens is 548 g/mol. The van der Waals surface area contributed by atoms with Gasteiger partial charge in [-0.15, -0.1) is 0 Å². The summed E-state index contributed by atoms with van der Waals surface area (Å²) in [6.45, 7) is 0. The monoisotopic (exact) mass is 576 g/mol. The highest BCUT2D eigenvalue weighted by Gasteiger charge is 2.13. The van der Waals surface area contributed by atoms with Crippen LogP contribution in [0.4, 0.5) is 0 Å². The molecule has 0 saturated carbocycles. The molecule has 0 spiro atoms.